The van der Waals surface area contributed by atoms with Crippen molar-refractivity contribution in [1.29, 1.82) is 0 Å². The van der Waals surface area contributed by atoms with E-state index in [4.69, 9.17) is 9.97 Å². The second-order valence-electron chi connectivity index (χ2n) is 8.89. The van der Waals surface area contributed by atoms with Gasteiger partial charge in [0.15, 0.2) is 5.82 Å². The molecule has 0 saturated carbocycles. The molecule has 1 aromatic carbocycles. The minimum absolute atomic E-state index is 0.741. The van der Waals surface area contributed by atoms with Gasteiger partial charge in [-0.3, -0.25) is 0 Å². The Balaban J connectivity index is 1.57. The molecule has 1 heterocycles. The van der Waals surface area contributed by atoms with Crippen molar-refractivity contribution in [3.63, 3.8) is 0 Å². The molecule has 1 aliphatic rings. The molecule has 2 unspecified atom stereocenters. The highest BCUT2D eigenvalue weighted by molar-refractivity contribution is 5.55. The molecular weight excluding hydrogens is 340 g/mol. The molecule has 2 nitrogen and oxygen atoms in total. The van der Waals surface area contributed by atoms with Crippen molar-refractivity contribution in [3.05, 3.63) is 47.3 Å². The van der Waals surface area contributed by atoms with Crippen LogP contribution in [0.3, 0.4) is 0 Å². The average molecular weight is 379 g/mol. The minimum Gasteiger partial charge on any atom is -0.236 e. The third-order valence-electron chi connectivity index (χ3n) is 6.46. The number of unbranched alkanes of at least 4 members (excludes halogenated alkanes) is 4. The lowest BCUT2D eigenvalue weighted by molar-refractivity contribution is 0.400. The lowest BCUT2D eigenvalue weighted by atomic mass is 9.84. The highest BCUT2D eigenvalue weighted by Gasteiger charge is 2.20. The van der Waals surface area contributed by atoms with Gasteiger partial charge in [0.1, 0.15) is 0 Å². The van der Waals surface area contributed by atoms with Crippen LogP contribution in [0.1, 0.15) is 89.0 Å². The molecule has 2 heteroatoms. The molecule has 0 saturated heterocycles. The van der Waals surface area contributed by atoms with E-state index in [2.05, 4.69) is 51.2 Å². The fourth-order valence-electron chi connectivity index (χ4n) is 4.34. The van der Waals surface area contributed by atoms with E-state index in [-0.39, 0.29) is 0 Å². The average Bonchev–Trinajstić information content (AvgIpc) is 2.73. The number of fused-ring (bicyclic) bond motifs is 1. The number of rotatable bonds is 10. The van der Waals surface area contributed by atoms with E-state index in [9.17, 15) is 0 Å². The second-order valence-corrected chi connectivity index (χ2v) is 8.89. The Morgan fingerprint density at radius 1 is 1.04 bits per heavy atom. The third-order valence-corrected chi connectivity index (χ3v) is 6.46. The lowest BCUT2D eigenvalue weighted by Gasteiger charge is -2.24. The molecule has 2 aromatic rings. The Kier molecular flexibility index (Phi) is 8.06. The molecule has 28 heavy (non-hydrogen) atoms. The van der Waals surface area contributed by atoms with Crippen LogP contribution in [0.4, 0.5) is 0 Å². The molecule has 0 amide bonds. The van der Waals surface area contributed by atoms with Gasteiger partial charge in [0.2, 0.25) is 0 Å². The van der Waals surface area contributed by atoms with E-state index in [0.717, 1.165) is 36.1 Å². The van der Waals surface area contributed by atoms with Gasteiger partial charge in [-0.05, 0) is 48.6 Å². The van der Waals surface area contributed by atoms with E-state index in [0.29, 0.717) is 0 Å². The third kappa shape index (κ3) is 5.90. The number of aryl methyl sites for hydroxylation is 1. The SMILES string of the molecule is CCCCCCCC1CCc2nc(-c3ccc(CC(C)CC)cc3)ncc2C1. The molecule has 3 rings (SSSR count). The van der Waals surface area contributed by atoms with Gasteiger partial charge < -0.3 is 0 Å². The van der Waals surface area contributed by atoms with Gasteiger partial charge in [-0.25, -0.2) is 9.97 Å². The Bertz CT molecular complexity index is 720. The Morgan fingerprint density at radius 3 is 2.57 bits per heavy atom. The predicted molar refractivity (Wildman–Crippen MR) is 120 cm³/mol. The van der Waals surface area contributed by atoms with Gasteiger partial charge in [0.05, 0.1) is 0 Å². The van der Waals surface area contributed by atoms with Crippen LogP contribution in [-0.2, 0) is 19.3 Å². The number of benzene rings is 1. The first-order valence-electron chi connectivity index (χ1n) is 11.6. The number of aromatic nitrogens is 2. The summed E-state index contributed by atoms with van der Waals surface area (Å²) in [6.07, 6.45) is 16.4. The first-order valence-corrected chi connectivity index (χ1v) is 11.6. The van der Waals surface area contributed by atoms with Gasteiger partial charge in [0.25, 0.3) is 0 Å². The van der Waals surface area contributed by atoms with E-state index >= 15 is 0 Å². The van der Waals surface area contributed by atoms with Crippen LogP contribution in [0.25, 0.3) is 11.4 Å². The van der Waals surface area contributed by atoms with Gasteiger partial charge in [-0.1, -0.05) is 90.0 Å². The van der Waals surface area contributed by atoms with Crippen LogP contribution < -0.4 is 0 Å². The summed E-state index contributed by atoms with van der Waals surface area (Å²) in [5, 5.41) is 0. The molecule has 0 radical (unpaired) electrons. The number of nitrogens with zero attached hydrogens (tertiary/aromatic N) is 2. The maximum absolute atomic E-state index is 4.93. The maximum atomic E-state index is 4.93. The fraction of sp³-hybridized carbons (Fsp3) is 0.615. The quantitative estimate of drug-likeness (QED) is 0.409. The van der Waals surface area contributed by atoms with Crippen molar-refractivity contribution >= 4 is 0 Å². The molecule has 1 aromatic heterocycles. The van der Waals surface area contributed by atoms with Crippen molar-refractivity contribution in [2.45, 2.75) is 91.4 Å². The van der Waals surface area contributed by atoms with Crippen molar-refractivity contribution in [2.75, 3.05) is 0 Å². The smallest absolute Gasteiger partial charge is 0.159 e. The molecule has 1 aliphatic carbocycles. The zero-order valence-electron chi connectivity index (χ0n) is 18.2. The first-order chi connectivity index (χ1) is 13.7. The Hall–Kier alpha value is -1.70. The van der Waals surface area contributed by atoms with E-state index in [1.165, 1.54) is 74.6 Å². The van der Waals surface area contributed by atoms with Gasteiger partial charge >= 0.3 is 0 Å². The van der Waals surface area contributed by atoms with E-state index in [1.807, 2.05) is 0 Å². The summed E-state index contributed by atoms with van der Waals surface area (Å²) in [7, 11) is 0. The van der Waals surface area contributed by atoms with E-state index in [1.54, 1.807) is 0 Å². The molecule has 0 fully saturated rings. The standard InChI is InChI=1S/C26H38N2/c1-4-6-7-8-9-10-21-13-16-25-24(18-21)19-27-26(28-25)23-14-11-22(12-15-23)17-20(3)5-2/h11-12,14-15,19-21H,4-10,13,16-18H2,1-3H3. The fourth-order valence-corrected chi connectivity index (χ4v) is 4.34. The number of hydrogen-bond donors (Lipinski definition) is 0. The summed E-state index contributed by atoms with van der Waals surface area (Å²) in [5.74, 6) is 2.47. The molecule has 0 aliphatic heterocycles. The van der Waals surface area contributed by atoms with Crippen molar-refractivity contribution in [2.24, 2.45) is 11.8 Å². The topological polar surface area (TPSA) is 25.8 Å². The Labute approximate surface area is 172 Å². The van der Waals surface area contributed by atoms with Gasteiger partial charge in [-0.2, -0.15) is 0 Å². The van der Waals surface area contributed by atoms with Gasteiger partial charge in [0, 0.05) is 17.5 Å². The lowest BCUT2D eigenvalue weighted by Crippen LogP contribution is -2.16. The Morgan fingerprint density at radius 2 is 1.82 bits per heavy atom. The summed E-state index contributed by atoms with van der Waals surface area (Å²) in [5.41, 5.74) is 5.24. The van der Waals surface area contributed by atoms with Gasteiger partial charge in [-0.15, -0.1) is 0 Å². The summed E-state index contributed by atoms with van der Waals surface area (Å²) in [4.78, 5) is 9.65. The molecule has 0 N–H and O–H groups in total. The maximum Gasteiger partial charge on any atom is 0.159 e. The number of hydrogen-bond acceptors (Lipinski definition) is 2. The van der Waals surface area contributed by atoms with Crippen molar-refractivity contribution < 1.29 is 0 Å². The highest BCUT2D eigenvalue weighted by atomic mass is 14.9. The van der Waals surface area contributed by atoms with Crippen LogP contribution in [-0.4, -0.2) is 9.97 Å². The summed E-state index contributed by atoms with van der Waals surface area (Å²) < 4.78 is 0. The summed E-state index contributed by atoms with van der Waals surface area (Å²) >= 11 is 0. The monoisotopic (exact) mass is 378 g/mol. The predicted octanol–water partition coefficient (Wildman–Crippen LogP) is 7.20. The first kappa shape index (κ1) is 21.0. The second kappa shape index (κ2) is 10.7. The molecule has 0 bridgehead atoms. The normalized spacial score (nSPS) is 17.3. The minimum atomic E-state index is 0.741. The van der Waals surface area contributed by atoms with E-state index < -0.39 is 0 Å². The zero-order valence-corrected chi connectivity index (χ0v) is 18.2. The molecule has 2 atom stereocenters. The van der Waals surface area contributed by atoms with Crippen LogP contribution >= 0.6 is 0 Å². The summed E-state index contributed by atoms with van der Waals surface area (Å²) in [6.45, 7) is 6.86. The van der Waals surface area contributed by atoms with Crippen LogP contribution in [0.5, 0.6) is 0 Å². The molecule has 152 valence electrons. The van der Waals surface area contributed by atoms with Crippen molar-refractivity contribution in [3.8, 4) is 11.4 Å². The molecule has 0 spiro atoms. The molecular formula is C26H38N2. The van der Waals surface area contributed by atoms with Crippen LogP contribution in [0.2, 0.25) is 0 Å². The zero-order chi connectivity index (χ0) is 19.8. The highest BCUT2D eigenvalue weighted by Crippen LogP contribution is 2.29. The summed E-state index contributed by atoms with van der Waals surface area (Å²) in [6, 6.07) is 8.89. The van der Waals surface area contributed by atoms with Crippen LogP contribution in [0.15, 0.2) is 30.5 Å². The van der Waals surface area contributed by atoms with Crippen LogP contribution in [0, 0.1) is 11.8 Å². The van der Waals surface area contributed by atoms with Crippen molar-refractivity contribution in [1.82, 2.24) is 9.97 Å². The largest absolute Gasteiger partial charge is 0.236 e.